The summed E-state index contributed by atoms with van der Waals surface area (Å²) >= 11 is 4.53. The van der Waals surface area contributed by atoms with Crippen LogP contribution >= 0.6 is 11.6 Å². The summed E-state index contributed by atoms with van der Waals surface area (Å²) in [6, 6.07) is 0. The van der Waals surface area contributed by atoms with Gasteiger partial charge in [-0.25, -0.2) is 9.59 Å². The molecular weight excluding hydrogens is 137 g/mol. The maximum absolute atomic E-state index is 9.57. The van der Waals surface area contributed by atoms with Crippen LogP contribution in [0, 0.1) is 0 Å². The smallest absolute Gasteiger partial charge is 0.438 e. The highest BCUT2D eigenvalue weighted by Crippen LogP contribution is 1.80. The third-order valence-corrected chi connectivity index (χ3v) is 0.296. The molecule has 0 bridgehead atoms. The summed E-state index contributed by atoms with van der Waals surface area (Å²) in [4.78, 5) is 22.6. The number of carbonyl (C=O) groups is 2. The highest BCUT2D eigenvalue weighted by Gasteiger charge is 1.97. The number of hydrogen-bond donors (Lipinski definition) is 2. The van der Waals surface area contributed by atoms with E-state index in [9.17, 15) is 9.59 Å². The lowest BCUT2D eigenvalue weighted by molar-refractivity contribution is 0.0979. The van der Waals surface area contributed by atoms with Gasteiger partial charge in [0.05, 0.1) is 0 Å². The molecule has 0 unspecified atom stereocenters. The first-order valence-corrected chi connectivity index (χ1v) is 1.86. The van der Waals surface area contributed by atoms with Crippen molar-refractivity contribution in [1.29, 1.82) is 0 Å². The molecule has 8 heavy (non-hydrogen) atoms. The fourth-order valence-electron chi connectivity index (χ4n) is 0.0838. The Morgan fingerprint density at radius 3 is 2.25 bits per heavy atom. The predicted octanol–water partition coefficient (Wildman–Crippen LogP) is 0.544. The van der Waals surface area contributed by atoms with Gasteiger partial charge in [-0.15, -0.1) is 5.48 Å². The summed E-state index contributed by atoms with van der Waals surface area (Å²) in [5.41, 5.74) is 0.0647. The summed E-state index contributed by atoms with van der Waals surface area (Å²) in [7, 11) is 0. The fourth-order valence-corrected chi connectivity index (χ4v) is 0.122. The Labute approximate surface area is 49.1 Å². The summed E-state index contributed by atoms with van der Waals surface area (Å²) in [5, 5.41) is 7.72. The Bertz CT molecular complexity index is 98.6. The van der Waals surface area contributed by atoms with Crippen molar-refractivity contribution in [2.24, 2.45) is 0 Å². The first-order valence-electron chi connectivity index (χ1n) is 1.48. The van der Waals surface area contributed by atoms with Crippen LogP contribution in [0.1, 0.15) is 0 Å². The molecular formula is C2H2ClNO4. The molecule has 0 aromatic rings. The molecule has 0 aliphatic carbocycles. The van der Waals surface area contributed by atoms with Crippen LogP contribution in [0.4, 0.5) is 9.59 Å². The van der Waals surface area contributed by atoms with E-state index in [2.05, 4.69) is 16.4 Å². The normalized spacial score (nSPS) is 7.62. The molecule has 1 amide bonds. The number of amides is 1. The van der Waals surface area contributed by atoms with Crippen LogP contribution in [-0.4, -0.2) is 16.6 Å². The quantitative estimate of drug-likeness (QED) is 0.380. The minimum atomic E-state index is -1.47. The van der Waals surface area contributed by atoms with Crippen molar-refractivity contribution in [3.8, 4) is 0 Å². The lowest BCUT2D eigenvalue weighted by Crippen LogP contribution is -2.22. The van der Waals surface area contributed by atoms with Crippen LogP contribution in [0.15, 0.2) is 0 Å². The monoisotopic (exact) mass is 139 g/mol. The van der Waals surface area contributed by atoms with Crippen LogP contribution in [0.25, 0.3) is 0 Å². The average Bonchev–Trinajstić information content (AvgIpc) is 1.61. The number of hydrogen-bond acceptors (Lipinski definition) is 3. The van der Waals surface area contributed by atoms with Crippen LogP contribution in [0.2, 0.25) is 0 Å². The first-order chi connectivity index (χ1) is 3.63. The molecule has 5 nitrogen and oxygen atoms in total. The molecule has 2 N–H and O–H groups in total. The summed E-state index contributed by atoms with van der Waals surface area (Å²) in [6.45, 7) is 0. The third kappa shape index (κ3) is 5.03. The molecule has 0 heterocycles. The zero-order chi connectivity index (χ0) is 6.57. The van der Waals surface area contributed by atoms with Gasteiger partial charge in [-0.2, -0.15) is 0 Å². The zero-order valence-corrected chi connectivity index (χ0v) is 4.31. The van der Waals surface area contributed by atoms with Crippen molar-refractivity contribution < 1.29 is 19.5 Å². The van der Waals surface area contributed by atoms with Crippen molar-refractivity contribution in [2.45, 2.75) is 0 Å². The summed E-state index contributed by atoms with van der Waals surface area (Å²) in [6.07, 6.45) is -1.47. The number of nitrogens with one attached hydrogen (secondary N) is 1. The Kier molecular flexibility index (Phi) is 2.71. The molecule has 0 saturated carbocycles. The van der Waals surface area contributed by atoms with Crippen LogP contribution < -0.4 is 5.48 Å². The Hall–Kier alpha value is -0.970. The van der Waals surface area contributed by atoms with E-state index in [1.165, 1.54) is 5.48 Å². The van der Waals surface area contributed by atoms with Crippen molar-refractivity contribution in [2.75, 3.05) is 0 Å². The van der Waals surface area contributed by atoms with Crippen molar-refractivity contribution >= 4 is 23.1 Å². The highest BCUT2D eigenvalue weighted by atomic mass is 35.5. The van der Waals surface area contributed by atoms with Crippen molar-refractivity contribution in [3.63, 3.8) is 0 Å². The van der Waals surface area contributed by atoms with E-state index in [-0.39, 0.29) is 0 Å². The van der Waals surface area contributed by atoms with E-state index in [1.807, 2.05) is 0 Å². The molecule has 0 saturated heterocycles. The number of rotatable bonds is 0. The van der Waals surface area contributed by atoms with E-state index in [0.29, 0.717) is 0 Å². The topological polar surface area (TPSA) is 75.6 Å². The second-order valence-electron chi connectivity index (χ2n) is 0.747. The molecule has 0 fully saturated rings. The minimum Gasteiger partial charge on any atom is -0.463 e. The molecule has 0 aliphatic heterocycles. The maximum atomic E-state index is 9.57. The van der Waals surface area contributed by atoms with Crippen LogP contribution in [-0.2, 0) is 4.84 Å². The van der Waals surface area contributed by atoms with E-state index < -0.39 is 11.5 Å². The molecule has 46 valence electrons. The first kappa shape index (κ1) is 7.03. The number of halogens is 1. The Balaban J connectivity index is 3.18. The standard InChI is InChI=1S/C2H2ClNO4/c3-1(5)8-4-2(6)7/h4H,(H,6,7). The van der Waals surface area contributed by atoms with Gasteiger partial charge in [0, 0.05) is 11.6 Å². The van der Waals surface area contributed by atoms with E-state index in [1.54, 1.807) is 0 Å². The molecule has 0 atom stereocenters. The molecule has 6 heteroatoms. The van der Waals surface area contributed by atoms with Gasteiger partial charge >= 0.3 is 11.5 Å². The third-order valence-electron chi connectivity index (χ3n) is 0.219. The molecule has 0 aromatic heterocycles. The van der Waals surface area contributed by atoms with Gasteiger partial charge in [0.2, 0.25) is 0 Å². The number of hydroxylamine groups is 1. The van der Waals surface area contributed by atoms with Crippen molar-refractivity contribution in [1.82, 2.24) is 5.48 Å². The molecule has 0 aliphatic rings. The van der Waals surface area contributed by atoms with Crippen molar-refractivity contribution in [3.05, 3.63) is 0 Å². The number of carbonyl (C=O) groups excluding carboxylic acids is 1. The minimum absolute atomic E-state index is 1.22. The second kappa shape index (κ2) is 3.09. The van der Waals surface area contributed by atoms with Crippen LogP contribution in [0.5, 0.6) is 0 Å². The van der Waals surface area contributed by atoms with Gasteiger partial charge in [-0.3, -0.25) is 0 Å². The maximum Gasteiger partial charge on any atom is 0.438 e. The highest BCUT2D eigenvalue weighted by molar-refractivity contribution is 6.61. The van der Waals surface area contributed by atoms with E-state index >= 15 is 0 Å². The average molecular weight is 139 g/mol. The zero-order valence-electron chi connectivity index (χ0n) is 3.55. The molecule has 0 rings (SSSR count). The van der Waals surface area contributed by atoms with E-state index in [0.717, 1.165) is 0 Å². The molecule has 0 radical (unpaired) electrons. The van der Waals surface area contributed by atoms with Gasteiger partial charge in [0.1, 0.15) is 0 Å². The lowest BCUT2D eigenvalue weighted by Gasteiger charge is -1.92. The largest absolute Gasteiger partial charge is 0.463 e. The van der Waals surface area contributed by atoms with Gasteiger partial charge in [0.25, 0.3) is 0 Å². The van der Waals surface area contributed by atoms with Gasteiger partial charge < -0.3 is 9.94 Å². The predicted molar refractivity (Wildman–Crippen MR) is 23.5 cm³/mol. The van der Waals surface area contributed by atoms with E-state index in [4.69, 9.17) is 5.11 Å². The SMILES string of the molecule is O=C(O)NOC(=O)Cl. The Morgan fingerprint density at radius 1 is 1.62 bits per heavy atom. The van der Waals surface area contributed by atoms with Crippen LogP contribution in [0.3, 0.4) is 0 Å². The molecule has 0 aromatic carbocycles. The Morgan fingerprint density at radius 2 is 2.12 bits per heavy atom. The fraction of sp³-hybridized carbons (Fsp3) is 0. The summed E-state index contributed by atoms with van der Waals surface area (Å²) in [5.74, 6) is 0. The lowest BCUT2D eigenvalue weighted by atomic mass is 11.3. The second-order valence-corrected chi connectivity index (χ2v) is 1.06. The number of carboxylic acid groups (broad SMARTS) is 1. The molecule has 0 spiro atoms. The van der Waals surface area contributed by atoms with Gasteiger partial charge in [0.15, 0.2) is 0 Å². The summed E-state index contributed by atoms with van der Waals surface area (Å²) < 4.78 is 0. The van der Waals surface area contributed by atoms with Gasteiger partial charge in [-0.05, 0) is 0 Å². The van der Waals surface area contributed by atoms with Gasteiger partial charge in [-0.1, -0.05) is 0 Å².